The molecule has 2 rings (SSSR count). The van der Waals surface area contributed by atoms with Crippen LogP contribution in [0.1, 0.15) is 16.7 Å². The van der Waals surface area contributed by atoms with Gasteiger partial charge in [0.15, 0.2) is 0 Å². The van der Waals surface area contributed by atoms with Crippen LogP contribution in [0.4, 0.5) is 0 Å². The molecule has 0 saturated heterocycles. The van der Waals surface area contributed by atoms with E-state index in [1.54, 1.807) is 0 Å². The van der Waals surface area contributed by atoms with Gasteiger partial charge in [-0.15, -0.1) is 12.4 Å². The van der Waals surface area contributed by atoms with Crippen molar-refractivity contribution in [1.29, 1.82) is 0 Å². The highest BCUT2D eigenvalue weighted by molar-refractivity contribution is 5.85. The molecule has 2 nitrogen and oxygen atoms in total. The Bertz CT molecular complexity index is 480. The molecular formula is C15H16ClNO. The van der Waals surface area contributed by atoms with Crippen molar-refractivity contribution in [1.82, 2.24) is 0 Å². The summed E-state index contributed by atoms with van der Waals surface area (Å²) in [6, 6.07) is 18.3. The van der Waals surface area contributed by atoms with Crippen LogP contribution in [0.5, 0.6) is 0 Å². The van der Waals surface area contributed by atoms with E-state index in [0.29, 0.717) is 6.61 Å². The molecule has 0 bridgehead atoms. The number of halogens is 1. The van der Waals surface area contributed by atoms with Crippen molar-refractivity contribution >= 4 is 24.6 Å². The van der Waals surface area contributed by atoms with Gasteiger partial charge in [-0.3, -0.25) is 4.84 Å². The van der Waals surface area contributed by atoms with E-state index in [0.717, 1.165) is 11.1 Å². The Morgan fingerprint density at radius 2 is 1.39 bits per heavy atom. The van der Waals surface area contributed by atoms with Crippen LogP contribution in [0, 0.1) is 0 Å². The van der Waals surface area contributed by atoms with Gasteiger partial charge in [-0.1, -0.05) is 66.7 Å². The first-order chi connectivity index (χ1) is 8.38. The summed E-state index contributed by atoms with van der Waals surface area (Å²) in [4.78, 5) is 4.58. The van der Waals surface area contributed by atoms with E-state index in [1.807, 2.05) is 42.5 Å². The van der Waals surface area contributed by atoms with Crippen molar-refractivity contribution in [2.45, 2.75) is 6.61 Å². The number of hydrogen-bond donors (Lipinski definition) is 1. The van der Waals surface area contributed by atoms with Gasteiger partial charge in [0.25, 0.3) is 0 Å². The van der Waals surface area contributed by atoms with Crippen molar-refractivity contribution in [2.24, 2.45) is 5.90 Å². The lowest BCUT2D eigenvalue weighted by Crippen LogP contribution is -1.98. The molecule has 0 saturated carbocycles. The maximum atomic E-state index is 5.02. The Labute approximate surface area is 113 Å². The first-order valence-electron chi connectivity index (χ1n) is 5.52. The lowest BCUT2D eigenvalue weighted by molar-refractivity contribution is 0.124. The van der Waals surface area contributed by atoms with E-state index in [9.17, 15) is 0 Å². The third-order valence-electron chi connectivity index (χ3n) is 2.50. The van der Waals surface area contributed by atoms with Crippen LogP contribution in [-0.4, -0.2) is 0 Å². The van der Waals surface area contributed by atoms with Crippen LogP contribution in [0.25, 0.3) is 12.2 Å². The second-order valence-electron chi connectivity index (χ2n) is 3.80. The van der Waals surface area contributed by atoms with Crippen molar-refractivity contribution in [3.63, 3.8) is 0 Å². The van der Waals surface area contributed by atoms with Crippen molar-refractivity contribution in [3.05, 3.63) is 71.3 Å². The third-order valence-corrected chi connectivity index (χ3v) is 2.50. The minimum absolute atomic E-state index is 0. The molecule has 0 aliphatic heterocycles. The molecule has 18 heavy (non-hydrogen) atoms. The fourth-order valence-corrected chi connectivity index (χ4v) is 1.58. The normalized spacial score (nSPS) is 10.3. The minimum atomic E-state index is 0. The van der Waals surface area contributed by atoms with Crippen LogP contribution in [0.15, 0.2) is 54.6 Å². The molecule has 0 heterocycles. The molecule has 0 atom stereocenters. The second-order valence-corrected chi connectivity index (χ2v) is 3.80. The fourth-order valence-electron chi connectivity index (χ4n) is 1.58. The highest BCUT2D eigenvalue weighted by Crippen LogP contribution is 2.09. The maximum absolute atomic E-state index is 5.02. The van der Waals surface area contributed by atoms with Gasteiger partial charge >= 0.3 is 0 Å². The van der Waals surface area contributed by atoms with Crippen LogP contribution in [0.3, 0.4) is 0 Å². The van der Waals surface area contributed by atoms with E-state index in [4.69, 9.17) is 5.90 Å². The monoisotopic (exact) mass is 261 g/mol. The molecular weight excluding hydrogens is 246 g/mol. The number of hydrogen-bond acceptors (Lipinski definition) is 2. The van der Waals surface area contributed by atoms with E-state index in [-0.39, 0.29) is 12.4 Å². The molecule has 3 heteroatoms. The van der Waals surface area contributed by atoms with Crippen LogP contribution in [0.2, 0.25) is 0 Å². The van der Waals surface area contributed by atoms with Crippen LogP contribution in [-0.2, 0) is 11.4 Å². The third kappa shape index (κ3) is 4.34. The molecule has 0 amide bonds. The Kier molecular flexibility index (Phi) is 6.15. The zero-order chi connectivity index (χ0) is 11.9. The molecule has 2 aromatic rings. The zero-order valence-corrected chi connectivity index (χ0v) is 10.8. The predicted octanol–water partition coefficient (Wildman–Crippen LogP) is 3.67. The van der Waals surface area contributed by atoms with Gasteiger partial charge in [0, 0.05) is 0 Å². The Balaban J connectivity index is 0.00000162. The van der Waals surface area contributed by atoms with E-state index >= 15 is 0 Å². The number of benzene rings is 2. The van der Waals surface area contributed by atoms with E-state index < -0.39 is 0 Å². The summed E-state index contributed by atoms with van der Waals surface area (Å²) in [6.45, 7) is 0.447. The first-order valence-corrected chi connectivity index (χ1v) is 5.52. The quantitative estimate of drug-likeness (QED) is 0.673. The maximum Gasteiger partial charge on any atom is 0.0930 e. The van der Waals surface area contributed by atoms with Gasteiger partial charge in [-0.05, 0) is 16.7 Å². The minimum Gasteiger partial charge on any atom is -0.300 e. The van der Waals surface area contributed by atoms with Crippen LogP contribution < -0.4 is 5.90 Å². The van der Waals surface area contributed by atoms with Crippen molar-refractivity contribution in [3.8, 4) is 0 Å². The summed E-state index contributed by atoms with van der Waals surface area (Å²) in [5.74, 6) is 5.02. The Hall–Kier alpha value is -1.61. The summed E-state index contributed by atoms with van der Waals surface area (Å²) in [5, 5.41) is 0. The topological polar surface area (TPSA) is 35.2 Å². The van der Waals surface area contributed by atoms with E-state index in [1.165, 1.54) is 5.56 Å². The summed E-state index contributed by atoms with van der Waals surface area (Å²) >= 11 is 0. The van der Waals surface area contributed by atoms with Gasteiger partial charge in [-0.2, -0.15) is 0 Å². The second kappa shape index (κ2) is 7.67. The summed E-state index contributed by atoms with van der Waals surface area (Å²) in [6.07, 6.45) is 4.18. The number of nitrogens with two attached hydrogens (primary N) is 1. The fraction of sp³-hybridized carbons (Fsp3) is 0.0667. The molecule has 0 unspecified atom stereocenters. The molecule has 94 valence electrons. The number of rotatable bonds is 4. The summed E-state index contributed by atoms with van der Waals surface area (Å²) in [7, 11) is 0. The molecule has 0 aromatic heterocycles. The molecule has 0 radical (unpaired) electrons. The highest BCUT2D eigenvalue weighted by atomic mass is 35.5. The molecule has 2 aromatic carbocycles. The standard InChI is InChI=1S/C15H15NO.ClH/c16-17-12-15-10-8-14(9-11-15)7-6-13-4-2-1-3-5-13;/h1-11H,12,16H2;1H/b7-6+;. The SMILES string of the molecule is Cl.NOCc1ccc(/C=C/c2ccccc2)cc1. The molecule has 2 N–H and O–H groups in total. The van der Waals surface area contributed by atoms with Gasteiger partial charge in [0.1, 0.15) is 0 Å². The van der Waals surface area contributed by atoms with Crippen LogP contribution >= 0.6 is 12.4 Å². The highest BCUT2D eigenvalue weighted by Gasteiger charge is 1.91. The van der Waals surface area contributed by atoms with Gasteiger partial charge in [0.05, 0.1) is 6.61 Å². The summed E-state index contributed by atoms with van der Waals surface area (Å²) in [5.41, 5.74) is 3.43. The predicted molar refractivity (Wildman–Crippen MR) is 78.0 cm³/mol. The molecule has 0 aliphatic rings. The average molecular weight is 262 g/mol. The van der Waals surface area contributed by atoms with Gasteiger partial charge in [-0.25, -0.2) is 5.90 Å². The Morgan fingerprint density at radius 1 is 0.833 bits per heavy atom. The largest absolute Gasteiger partial charge is 0.300 e. The smallest absolute Gasteiger partial charge is 0.0930 e. The lowest BCUT2D eigenvalue weighted by Gasteiger charge is -1.99. The first kappa shape index (κ1) is 14.5. The molecule has 0 aliphatic carbocycles. The van der Waals surface area contributed by atoms with Crippen molar-refractivity contribution in [2.75, 3.05) is 0 Å². The van der Waals surface area contributed by atoms with E-state index in [2.05, 4.69) is 29.1 Å². The zero-order valence-electron chi connectivity index (χ0n) is 9.95. The lowest BCUT2D eigenvalue weighted by atomic mass is 10.1. The average Bonchev–Trinajstić information content (AvgIpc) is 2.40. The Morgan fingerprint density at radius 3 is 1.94 bits per heavy atom. The molecule has 0 spiro atoms. The van der Waals surface area contributed by atoms with Gasteiger partial charge < -0.3 is 0 Å². The summed E-state index contributed by atoms with van der Waals surface area (Å²) < 4.78 is 0. The van der Waals surface area contributed by atoms with Gasteiger partial charge in [0.2, 0.25) is 0 Å². The molecule has 0 fully saturated rings. The van der Waals surface area contributed by atoms with Crippen molar-refractivity contribution < 1.29 is 4.84 Å².